The topological polar surface area (TPSA) is 88.2 Å². The highest BCUT2D eigenvalue weighted by Gasteiger charge is 2.23. The van der Waals surface area contributed by atoms with Crippen molar-refractivity contribution in [2.24, 2.45) is 0 Å². The third-order valence-electron chi connectivity index (χ3n) is 3.67. The second-order valence-corrected chi connectivity index (χ2v) is 4.70. The van der Waals surface area contributed by atoms with E-state index in [2.05, 4.69) is 5.32 Å². The Morgan fingerprint density at radius 3 is 2.68 bits per heavy atom. The van der Waals surface area contributed by atoms with Crippen molar-refractivity contribution < 1.29 is 9.53 Å². The molecule has 1 aliphatic rings. The van der Waals surface area contributed by atoms with Crippen molar-refractivity contribution in [1.29, 1.82) is 5.41 Å². The van der Waals surface area contributed by atoms with Crippen LogP contribution in [0.1, 0.15) is 40.2 Å². The summed E-state index contributed by atoms with van der Waals surface area (Å²) >= 11 is 0. The standard InChI is InChI=1S/C14H19N3O2/c1-19-14-11(9-2-4-17-5-3-9)6-10(8-18)13(16)12(14)7-15/h6-9,15,17H,2-5,16H2,1H3. The minimum absolute atomic E-state index is 0.319. The van der Waals surface area contributed by atoms with Crippen LogP contribution < -0.4 is 15.8 Å². The highest BCUT2D eigenvalue weighted by molar-refractivity contribution is 5.97. The van der Waals surface area contributed by atoms with Crippen LogP contribution in [0.4, 0.5) is 5.69 Å². The second-order valence-electron chi connectivity index (χ2n) is 4.70. The Labute approximate surface area is 112 Å². The molecule has 0 atom stereocenters. The first kappa shape index (κ1) is 13.5. The number of anilines is 1. The molecule has 1 aliphatic heterocycles. The zero-order valence-corrected chi connectivity index (χ0v) is 11.0. The number of aldehydes is 1. The summed E-state index contributed by atoms with van der Waals surface area (Å²) in [6, 6.07) is 1.81. The fraction of sp³-hybridized carbons (Fsp3) is 0.429. The molecule has 1 fully saturated rings. The molecule has 102 valence electrons. The normalized spacial score (nSPS) is 16.1. The molecule has 4 N–H and O–H groups in total. The smallest absolute Gasteiger partial charge is 0.152 e. The minimum Gasteiger partial charge on any atom is -0.496 e. The van der Waals surface area contributed by atoms with Gasteiger partial charge in [0, 0.05) is 11.8 Å². The lowest BCUT2D eigenvalue weighted by Crippen LogP contribution is -2.27. The summed E-state index contributed by atoms with van der Waals surface area (Å²) in [6.45, 7) is 1.91. The summed E-state index contributed by atoms with van der Waals surface area (Å²) in [6.07, 6.45) is 3.89. The quantitative estimate of drug-likeness (QED) is 0.436. The van der Waals surface area contributed by atoms with Crippen molar-refractivity contribution in [3.63, 3.8) is 0 Å². The molecule has 2 rings (SSSR count). The summed E-state index contributed by atoms with van der Waals surface area (Å²) in [5.74, 6) is 0.971. The van der Waals surface area contributed by atoms with Crippen molar-refractivity contribution in [2.75, 3.05) is 25.9 Å². The third kappa shape index (κ3) is 2.46. The Morgan fingerprint density at radius 1 is 1.47 bits per heavy atom. The van der Waals surface area contributed by atoms with E-state index in [1.165, 1.54) is 0 Å². The van der Waals surface area contributed by atoms with Gasteiger partial charge in [-0.2, -0.15) is 0 Å². The van der Waals surface area contributed by atoms with Gasteiger partial charge >= 0.3 is 0 Å². The number of hydrogen-bond donors (Lipinski definition) is 3. The predicted octanol–water partition coefficient (Wildman–Crippen LogP) is 1.55. The highest BCUT2D eigenvalue weighted by Crippen LogP contribution is 2.38. The van der Waals surface area contributed by atoms with E-state index in [0.717, 1.165) is 44.0 Å². The zero-order chi connectivity index (χ0) is 13.8. The second kappa shape index (κ2) is 5.84. The molecule has 5 nitrogen and oxygen atoms in total. The maximum Gasteiger partial charge on any atom is 0.152 e. The Hall–Kier alpha value is -1.88. The van der Waals surface area contributed by atoms with E-state index in [1.807, 2.05) is 6.07 Å². The van der Waals surface area contributed by atoms with Gasteiger partial charge in [-0.3, -0.25) is 4.79 Å². The van der Waals surface area contributed by atoms with Gasteiger partial charge < -0.3 is 21.2 Å². The van der Waals surface area contributed by atoms with Crippen LogP contribution in [0.3, 0.4) is 0 Å². The van der Waals surface area contributed by atoms with Gasteiger partial charge in [0.1, 0.15) is 5.75 Å². The number of ether oxygens (including phenoxy) is 1. The number of piperidine rings is 1. The van der Waals surface area contributed by atoms with Gasteiger partial charge in [-0.25, -0.2) is 0 Å². The molecular formula is C14H19N3O2. The average Bonchev–Trinajstić information content (AvgIpc) is 2.47. The number of nitrogens with two attached hydrogens (primary N) is 1. The summed E-state index contributed by atoms with van der Waals surface area (Å²) in [5, 5.41) is 10.8. The Balaban J connectivity index is 2.57. The number of methoxy groups -OCH3 is 1. The van der Waals surface area contributed by atoms with Gasteiger partial charge in [-0.05, 0) is 43.5 Å². The van der Waals surface area contributed by atoms with Crippen molar-refractivity contribution in [3.8, 4) is 5.75 Å². The van der Waals surface area contributed by atoms with Gasteiger partial charge in [-0.1, -0.05) is 0 Å². The van der Waals surface area contributed by atoms with Crippen LogP contribution in [0.5, 0.6) is 5.75 Å². The lowest BCUT2D eigenvalue weighted by molar-refractivity contribution is 0.112. The average molecular weight is 261 g/mol. The molecule has 0 aromatic heterocycles. The van der Waals surface area contributed by atoms with Gasteiger partial charge in [0.05, 0.1) is 18.4 Å². The summed E-state index contributed by atoms with van der Waals surface area (Å²) in [5.41, 5.74) is 8.15. The first-order valence-electron chi connectivity index (χ1n) is 6.39. The molecule has 0 radical (unpaired) electrons. The molecule has 1 aromatic rings. The molecule has 0 aliphatic carbocycles. The maximum absolute atomic E-state index is 11.1. The van der Waals surface area contributed by atoms with Crippen molar-refractivity contribution in [3.05, 3.63) is 22.8 Å². The van der Waals surface area contributed by atoms with Gasteiger partial charge in [0.25, 0.3) is 0 Å². The SMILES string of the molecule is COc1c(C2CCNCC2)cc(C=O)c(N)c1C=N. The third-order valence-corrected chi connectivity index (χ3v) is 3.67. The van der Waals surface area contributed by atoms with Crippen LogP contribution in [0.2, 0.25) is 0 Å². The predicted molar refractivity (Wildman–Crippen MR) is 75.5 cm³/mol. The maximum atomic E-state index is 11.1. The number of nitrogens with one attached hydrogen (secondary N) is 2. The molecule has 0 spiro atoms. The van der Waals surface area contributed by atoms with E-state index >= 15 is 0 Å². The zero-order valence-electron chi connectivity index (χ0n) is 11.0. The molecule has 0 saturated carbocycles. The summed E-state index contributed by atoms with van der Waals surface area (Å²) in [4.78, 5) is 11.1. The monoisotopic (exact) mass is 261 g/mol. The minimum atomic E-state index is 0.319. The molecule has 1 aromatic carbocycles. The molecule has 0 amide bonds. The summed E-state index contributed by atoms with van der Waals surface area (Å²) < 4.78 is 5.43. The molecule has 1 saturated heterocycles. The lowest BCUT2D eigenvalue weighted by atomic mass is 9.86. The number of carbonyl (C=O) groups is 1. The van der Waals surface area contributed by atoms with Crippen molar-refractivity contribution in [1.82, 2.24) is 5.32 Å². The largest absolute Gasteiger partial charge is 0.496 e. The number of carbonyl (C=O) groups excluding carboxylic acids is 1. The van der Waals surface area contributed by atoms with Crippen LogP contribution in [-0.4, -0.2) is 32.7 Å². The first-order chi connectivity index (χ1) is 9.22. The van der Waals surface area contributed by atoms with E-state index < -0.39 is 0 Å². The van der Waals surface area contributed by atoms with Gasteiger partial charge in [-0.15, -0.1) is 0 Å². The summed E-state index contributed by atoms with van der Waals surface area (Å²) in [7, 11) is 1.58. The number of benzene rings is 1. The van der Waals surface area contributed by atoms with Crippen LogP contribution in [0, 0.1) is 5.41 Å². The molecule has 1 heterocycles. The Morgan fingerprint density at radius 2 is 2.16 bits per heavy atom. The number of nitrogen functional groups attached to an aromatic ring is 1. The Bertz CT molecular complexity index is 494. The molecule has 0 unspecified atom stereocenters. The highest BCUT2D eigenvalue weighted by atomic mass is 16.5. The van der Waals surface area contributed by atoms with E-state index in [0.29, 0.717) is 28.5 Å². The first-order valence-corrected chi connectivity index (χ1v) is 6.39. The lowest BCUT2D eigenvalue weighted by Gasteiger charge is -2.26. The molecular weight excluding hydrogens is 242 g/mol. The van der Waals surface area contributed by atoms with Crippen LogP contribution in [0.25, 0.3) is 0 Å². The fourth-order valence-corrected chi connectivity index (χ4v) is 2.65. The molecule has 19 heavy (non-hydrogen) atoms. The molecule has 0 bridgehead atoms. The number of hydrogen-bond acceptors (Lipinski definition) is 5. The van der Waals surface area contributed by atoms with Crippen molar-refractivity contribution in [2.45, 2.75) is 18.8 Å². The number of rotatable bonds is 4. The van der Waals surface area contributed by atoms with E-state index in [4.69, 9.17) is 15.9 Å². The van der Waals surface area contributed by atoms with Gasteiger partial charge in [0.15, 0.2) is 6.29 Å². The van der Waals surface area contributed by atoms with E-state index in [9.17, 15) is 4.79 Å². The van der Waals surface area contributed by atoms with Crippen LogP contribution >= 0.6 is 0 Å². The van der Waals surface area contributed by atoms with Crippen LogP contribution in [0.15, 0.2) is 6.07 Å². The Kier molecular flexibility index (Phi) is 4.16. The van der Waals surface area contributed by atoms with Gasteiger partial charge in [0.2, 0.25) is 0 Å². The van der Waals surface area contributed by atoms with E-state index in [1.54, 1.807) is 7.11 Å². The fourth-order valence-electron chi connectivity index (χ4n) is 2.65. The van der Waals surface area contributed by atoms with E-state index in [-0.39, 0.29) is 0 Å². The van der Waals surface area contributed by atoms with Crippen molar-refractivity contribution >= 4 is 18.2 Å². The van der Waals surface area contributed by atoms with Crippen LogP contribution in [-0.2, 0) is 0 Å². The molecule has 5 heteroatoms.